The van der Waals surface area contributed by atoms with Gasteiger partial charge in [-0.25, -0.2) is 4.98 Å². The quantitative estimate of drug-likeness (QED) is 0.813. The van der Waals surface area contributed by atoms with Crippen molar-refractivity contribution in [3.05, 3.63) is 24.0 Å². The maximum atomic E-state index is 9.84. The van der Waals surface area contributed by atoms with Crippen LogP contribution in [0.1, 0.15) is 38.1 Å². The van der Waals surface area contributed by atoms with Gasteiger partial charge >= 0.3 is 0 Å². The van der Waals surface area contributed by atoms with Crippen molar-refractivity contribution in [1.82, 2.24) is 9.55 Å². The fourth-order valence-corrected chi connectivity index (χ4v) is 2.44. The summed E-state index contributed by atoms with van der Waals surface area (Å²) in [5.74, 6) is 1.62. The SMILES string of the molecule is CC(O)c1nc2cc(N)ccc2n1CCC1CC1. The van der Waals surface area contributed by atoms with Gasteiger partial charge in [0.15, 0.2) is 0 Å². The summed E-state index contributed by atoms with van der Waals surface area (Å²) in [6, 6.07) is 5.76. The van der Waals surface area contributed by atoms with Crippen LogP contribution in [-0.2, 0) is 6.54 Å². The number of aliphatic hydroxyl groups is 1. The minimum absolute atomic E-state index is 0.544. The highest BCUT2D eigenvalue weighted by atomic mass is 16.3. The minimum Gasteiger partial charge on any atom is -0.399 e. The molecule has 18 heavy (non-hydrogen) atoms. The molecule has 0 saturated heterocycles. The summed E-state index contributed by atoms with van der Waals surface area (Å²) < 4.78 is 2.14. The Kier molecular flexibility index (Phi) is 2.74. The number of hydrogen-bond acceptors (Lipinski definition) is 3. The number of aryl methyl sites for hydroxylation is 1. The molecule has 0 amide bonds. The van der Waals surface area contributed by atoms with Crippen LogP contribution in [0, 0.1) is 5.92 Å². The molecule has 3 rings (SSSR count). The maximum Gasteiger partial charge on any atom is 0.138 e. The first-order valence-corrected chi connectivity index (χ1v) is 6.59. The average molecular weight is 245 g/mol. The van der Waals surface area contributed by atoms with E-state index in [1.165, 1.54) is 19.3 Å². The molecular weight excluding hydrogens is 226 g/mol. The number of fused-ring (bicyclic) bond motifs is 1. The van der Waals surface area contributed by atoms with E-state index in [1.54, 1.807) is 6.92 Å². The molecule has 0 bridgehead atoms. The van der Waals surface area contributed by atoms with Gasteiger partial charge in [0.05, 0.1) is 11.0 Å². The van der Waals surface area contributed by atoms with Crippen LogP contribution < -0.4 is 5.73 Å². The third-order valence-electron chi connectivity index (χ3n) is 3.63. The summed E-state index contributed by atoms with van der Waals surface area (Å²) in [4.78, 5) is 4.50. The number of nitrogens with zero attached hydrogens (tertiary/aromatic N) is 2. The summed E-state index contributed by atoms with van der Waals surface area (Å²) in [5, 5.41) is 9.84. The summed E-state index contributed by atoms with van der Waals surface area (Å²) >= 11 is 0. The molecule has 4 heteroatoms. The molecule has 1 unspecified atom stereocenters. The molecule has 1 saturated carbocycles. The van der Waals surface area contributed by atoms with Crippen molar-refractivity contribution in [3.63, 3.8) is 0 Å². The van der Waals surface area contributed by atoms with E-state index in [9.17, 15) is 5.11 Å². The summed E-state index contributed by atoms with van der Waals surface area (Å²) in [7, 11) is 0. The Morgan fingerprint density at radius 1 is 1.50 bits per heavy atom. The third-order valence-corrected chi connectivity index (χ3v) is 3.63. The van der Waals surface area contributed by atoms with Crippen molar-refractivity contribution < 1.29 is 5.11 Å². The third kappa shape index (κ3) is 2.08. The number of aliphatic hydroxyl groups excluding tert-OH is 1. The lowest BCUT2D eigenvalue weighted by Crippen LogP contribution is -2.07. The van der Waals surface area contributed by atoms with E-state index >= 15 is 0 Å². The smallest absolute Gasteiger partial charge is 0.138 e. The standard InChI is InChI=1S/C14H19N3O/c1-9(18)14-16-12-8-11(15)4-5-13(12)17(14)7-6-10-2-3-10/h4-5,8-10,18H,2-3,6-7,15H2,1H3. The lowest BCUT2D eigenvalue weighted by molar-refractivity contribution is 0.184. The van der Waals surface area contributed by atoms with Crippen LogP contribution in [0.2, 0.25) is 0 Å². The normalized spacial score (nSPS) is 17.2. The number of nitrogens with two attached hydrogens (primary N) is 1. The van der Waals surface area contributed by atoms with Crippen LogP contribution in [0.15, 0.2) is 18.2 Å². The molecule has 2 aromatic rings. The van der Waals surface area contributed by atoms with E-state index in [1.807, 2.05) is 18.2 Å². The minimum atomic E-state index is -0.544. The summed E-state index contributed by atoms with van der Waals surface area (Å²) in [5.41, 5.74) is 8.44. The molecule has 1 heterocycles. The predicted molar refractivity (Wildman–Crippen MR) is 72.1 cm³/mol. The molecule has 3 N–H and O–H groups in total. The monoisotopic (exact) mass is 245 g/mol. The topological polar surface area (TPSA) is 64.1 Å². The van der Waals surface area contributed by atoms with Gasteiger partial charge in [-0.2, -0.15) is 0 Å². The zero-order valence-electron chi connectivity index (χ0n) is 10.6. The van der Waals surface area contributed by atoms with Crippen molar-refractivity contribution in [3.8, 4) is 0 Å². The van der Waals surface area contributed by atoms with Gasteiger partial charge in [-0.15, -0.1) is 0 Å². The largest absolute Gasteiger partial charge is 0.399 e. The van der Waals surface area contributed by atoms with Crippen LogP contribution in [0.3, 0.4) is 0 Å². The lowest BCUT2D eigenvalue weighted by Gasteiger charge is -2.10. The van der Waals surface area contributed by atoms with E-state index in [2.05, 4.69) is 9.55 Å². The van der Waals surface area contributed by atoms with Gasteiger partial charge < -0.3 is 15.4 Å². The number of aromatic nitrogens is 2. The average Bonchev–Trinajstić information content (AvgIpc) is 3.07. The highest BCUT2D eigenvalue weighted by Gasteiger charge is 2.22. The van der Waals surface area contributed by atoms with Crippen molar-refractivity contribution in [1.29, 1.82) is 0 Å². The Morgan fingerprint density at radius 2 is 2.28 bits per heavy atom. The van der Waals surface area contributed by atoms with Crippen LogP contribution >= 0.6 is 0 Å². The molecule has 0 radical (unpaired) electrons. The van der Waals surface area contributed by atoms with Gasteiger partial charge in [-0.05, 0) is 37.5 Å². The molecule has 4 nitrogen and oxygen atoms in total. The van der Waals surface area contributed by atoms with Crippen LogP contribution in [0.4, 0.5) is 5.69 Å². The fourth-order valence-electron chi connectivity index (χ4n) is 2.44. The van der Waals surface area contributed by atoms with Gasteiger partial charge in [-0.3, -0.25) is 0 Å². The Labute approximate surface area is 106 Å². The molecule has 1 aliphatic carbocycles. The highest BCUT2D eigenvalue weighted by molar-refractivity contribution is 5.79. The molecule has 1 aliphatic rings. The van der Waals surface area contributed by atoms with Gasteiger partial charge in [0, 0.05) is 12.2 Å². The van der Waals surface area contributed by atoms with Crippen molar-refractivity contribution >= 4 is 16.7 Å². The molecule has 1 atom stereocenters. The van der Waals surface area contributed by atoms with E-state index < -0.39 is 6.10 Å². The van der Waals surface area contributed by atoms with Crippen molar-refractivity contribution in [2.45, 2.75) is 38.8 Å². The second-order valence-electron chi connectivity index (χ2n) is 5.28. The van der Waals surface area contributed by atoms with E-state index in [4.69, 9.17) is 5.73 Å². The number of anilines is 1. The molecule has 96 valence electrons. The molecule has 1 aromatic carbocycles. The van der Waals surface area contributed by atoms with E-state index in [0.717, 1.165) is 29.3 Å². The van der Waals surface area contributed by atoms with Gasteiger partial charge in [0.2, 0.25) is 0 Å². The molecule has 0 spiro atoms. The van der Waals surface area contributed by atoms with Crippen molar-refractivity contribution in [2.75, 3.05) is 5.73 Å². The summed E-state index contributed by atoms with van der Waals surface area (Å²) in [6.45, 7) is 2.70. The highest BCUT2D eigenvalue weighted by Crippen LogP contribution is 2.34. The molecule has 1 fully saturated rings. The van der Waals surface area contributed by atoms with E-state index in [-0.39, 0.29) is 0 Å². The maximum absolute atomic E-state index is 9.84. The number of hydrogen-bond donors (Lipinski definition) is 2. The predicted octanol–water partition coefficient (Wildman–Crippen LogP) is 2.47. The fraction of sp³-hybridized carbons (Fsp3) is 0.500. The zero-order valence-corrected chi connectivity index (χ0v) is 10.6. The van der Waals surface area contributed by atoms with Gasteiger partial charge in [0.25, 0.3) is 0 Å². The lowest BCUT2D eigenvalue weighted by atomic mass is 10.2. The number of benzene rings is 1. The molecule has 0 aliphatic heterocycles. The Morgan fingerprint density at radius 3 is 2.94 bits per heavy atom. The zero-order chi connectivity index (χ0) is 12.7. The first kappa shape index (κ1) is 11.5. The number of rotatable bonds is 4. The Hall–Kier alpha value is -1.55. The number of imidazole rings is 1. The van der Waals surface area contributed by atoms with Crippen LogP contribution in [-0.4, -0.2) is 14.7 Å². The second-order valence-corrected chi connectivity index (χ2v) is 5.28. The molecular formula is C14H19N3O. The van der Waals surface area contributed by atoms with Gasteiger partial charge in [0.1, 0.15) is 11.9 Å². The van der Waals surface area contributed by atoms with Crippen molar-refractivity contribution in [2.24, 2.45) is 5.92 Å². The first-order valence-electron chi connectivity index (χ1n) is 6.59. The Bertz CT molecular complexity index is 570. The first-order chi connectivity index (χ1) is 8.65. The second kappa shape index (κ2) is 4.28. The van der Waals surface area contributed by atoms with Crippen LogP contribution in [0.25, 0.3) is 11.0 Å². The van der Waals surface area contributed by atoms with E-state index in [0.29, 0.717) is 5.69 Å². The molecule has 1 aromatic heterocycles. The Balaban J connectivity index is 2.02. The van der Waals surface area contributed by atoms with Gasteiger partial charge in [-0.1, -0.05) is 12.8 Å². The number of nitrogen functional groups attached to an aromatic ring is 1. The summed E-state index contributed by atoms with van der Waals surface area (Å²) in [6.07, 6.45) is 3.33. The van der Waals surface area contributed by atoms with Crippen LogP contribution in [0.5, 0.6) is 0 Å².